The number of nitrogens with zero attached hydrogens (tertiary/aromatic N) is 3. The van der Waals surface area contributed by atoms with Crippen LogP contribution in [0, 0.1) is 0 Å². The monoisotopic (exact) mass is 329 g/mol. The van der Waals surface area contributed by atoms with Crippen molar-refractivity contribution in [3.63, 3.8) is 0 Å². The molecule has 8 nitrogen and oxygen atoms in total. The van der Waals surface area contributed by atoms with E-state index in [-0.39, 0.29) is 24.1 Å². The Bertz CT molecular complexity index is 752. The van der Waals surface area contributed by atoms with Gasteiger partial charge in [0.25, 0.3) is 5.91 Å². The summed E-state index contributed by atoms with van der Waals surface area (Å²) in [6.45, 7) is 1.25. The van der Waals surface area contributed by atoms with Crippen LogP contribution in [0.5, 0.6) is 0 Å². The van der Waals surface area contributed by atoms with E-state index >= 15 is 0 Å². The second-order valence-electron chi connectivity index (χ2n) is 5.31. The first-order chi connectivity index (χ1) is 11.4. The normalized spacial score (nSPS) is 10.1. The van der Waals surface area contributed by atoms with Gasteiger partial charge in [-0.3, -0.25) is 14.4 Å². The molecule has 0 saturated carbocycles. The van der Waals surface area contributed by atoms with Gasteiger partial charge >= 0.3 is 0 Å². The fourth-order valence-electron chi connectivity index (χ4n) is 1.93. The third kappa shape index (κ3) is 4.19. The largest absolute Gasteiger partial charge is 0.347 e. The van der Waals surface area contributed by atoms with Crippen molar-refractivity contribution in [1.82, 2.24) is 20.0 Å². The van der Waals surface area contributed by atoms with Gasteiger partial charge in [0.1, 0.15) is 5.82 Å². The minimum atomic E-state index is -0.494. The maximum Gasteiger partial charge on any atom is 0.272 e. The van der Waals surface area contributed by atoms with Crippen molar-refractivity contribution in [2.75, 3.05) is 26.0 Å². The third-order valence-corrected chi connectivity index (χ3v) is 3.15. The molecule has 2 aromatic rings. The fourth-order valence-corrected chi connectivity index (χ4v) is 1.93. The first-order valence-corrected chi connectivity index (χ1v) is 7.30. The Labute approximate surface area is 139 Å². The van der Waals surface area contributed by atoms with Crippen LogP contribution in [0.25, 0.3) is 5.69 Å². The molecule has 0 aliphatic rings. The summed E-state index contributed by atoms with van der Waals surface area (Å²) in [5.41, 5.74) is 0.804. The summed E-state index contributed by atoms with van der Waals surface area (Å²) in [6, 6.07) is 10.6. The summed E-state index contributed by atoms with van der Waals surface area (Å²) in [5.74, 6) is -0.626. The van der Waals surface area contributed by atoms with Crippen LogP contribution in [0.1, 0.15) is 17.4 Å². The molecule has 1 aromatic heterocycles. The fraction of sp³-hybridized carbons (Fsp3) is 0.250. The molecule has 24 heavy (non-hydrogen) atoms. The molecule has 0 radical (unpaired) electrons. The Balaban J connectivity index is 2.25. The molecule has 126 valence electrons. The Hall–Kier alpha value is -3.16. The van der Waals surface area contributed by atoms with E-state index in [1.165, 1.54) is 22.6 Å². The molecular formula is C16H19N5O3. The summed E-state index contributed by atoms with van der Waals surface area (Å²) in [5, 5.41) is 9.36. The molecule has 0 aliphatic heterocycles. The van der Waals surface area contributed by atoms with Crippen molar-refractivity contribution >= 4 is 23.5 Å². The van der Waals surface area contributed by atoms with Crippen LogP contribution in [0.15, 0.2) is 36.4 Å². The van der Waals surface area contributed by atoms with Crippen molar-refractivity contribution < 1.29 is 14.4 Å². The first kappa shape index (κ1) is 17.2. The number of aromatic nitrogens is 2. The summed E-state index contributed by atoms with van der Waals surface area (Å²) in [4.78, 5) is 36.5. The molecular weight excluding hydrogens is 310 g/mol. The molecule has 0 saturated heterocycles. The number of para-hydroxylation sites is 1. The van der Waals surface area contributed by atoms with E-state index in [2.05, 4.69) is 15.7 Å². The second kappa shape index (κ2) is 7.40. The number of amides is 3. The highest BCUT2D eigenvalue weighted by molar-refractivity contribution is 5.97. The number of carbonyl (C=O) groups is 3. The van der Waals surface area contributed by atoms with Gasteiger partial charge in [0.2, 0.25) is 11.8 Å². The van der Waals surface area contributed by atoms with Crippen molar-refractivity contribution in [2.24, 2.45) is 0 Å². The van der Waals surface area contributed by atoms with E-state index in [9.17, 15) is 14.4 Å². The van der Waals surface area contributed by atoms with Crippen molar-refractivity contribution in [1.29, 1.82) is 0 Å². The molecule has 3 amide bonds. The zero-order chi connectivity index (χ0) is 17.7. The molecule has 1 heterocycles. The van der Waals surface area contributed by atoms with Gasteiger partial charge in [0.15, 0.2) is 5.69 Å². The van der Waals surface area contributed by atoms with Crippen molar-refractivity contribution in [3.8, 4) is 5.69 Å². The standard InChI is InChI=1S/C16H19N5O3/c1-11(22)18-14-9-13(16(24)17-10-15(23)20(2)3)19-21(14)12-7-5-4-6-8-12/h4-9H,10H2,1-3H3,(H,17,24)(H,18,22). The van der Waals surface area contributed by atoms with Crippen LogP contribution in [-0.4, -0.2) is 53.0 Å². The molecule has 0 atom stereocenters. The maximum absolute atomic E-state index is 12.2. The van der Waals surface area contributed by atoms with Gasteiger partial charge < -0.3 is 15.5 Å². The zero-order valence-electron chi connectivity index (χ0n) is 13.7. The van der Waals surface area contributed by atoms with Gasteiger partial charge in [0, 0.05) is 27.1 Å². The number of likely N-dealkylation sites (N-methyl/N-ethyl adjacent to an activating group) is 1. The summed E-state index contributed by atoms with van der Waals surface area (Å²) in [7, 11) is 3.21. The quantitative estimate of drug-likeness (QED) is 0.842. The van der Waals surface area contributed by atoms with Gasteiger partial charge in [-0.15, -0.1) is 0 Å². The lowest BCUT2D eigenvalue weighted by Crippen LogP contribution is -2.36. The molecule has 0 aliphatic carbocycles. The number of nitrogens with one attached hydrogen (secondary N) is 2. The van der Waals surface area contributed by atoms with Crippen LogP contribution in [0.2, 0.25) is 0 Å². The van der Waals surface area contributed by atoms with E-state index < -0.39 is 5.91 Å². The van der Waals surface area contributed by atoms with Gasteiger partial charge in [-0.05, 0) is 12.1 Å². The van der Waals surface area contributed by atoms with Crippen molar-refractivity contribution in [2.45, 2.75) is 6.92 Å². The van der Waals surface area contributed by atoms with Gasteiger partial charge in [-0.25, -0.2) is 4.68 Å². The highest BCUT2D eigenvalue weighted by Crippen LogP contribution is 2.17. The summed E-state index contributed by atoms with van der Waals surface area (Å²) in [6.07, 6.45) is 0. The minimum absolute atomic E-state index is 0.106. The number of rotatable bonds is 5. The van der Waals surface area contributed by atoms with Crippen LogP contribution in [0.3, 0.4) is 0 Å². The number of anilines is 1. The first-order valence-electron chi connectivity index (χ1n) is 7.30. The maximum atomic E-state index is 12.2. The predicted molar refractivity (Wildman–Crippen MR) is 88.9 cm³/mol. The molecule has 1 aromatic carbocycles. The lowest BCUT2D eigenvalue weighted by atomic mass is 10.3. The Morgan fingerprint density at radius 2 is 1.83 bits per heavy atom. The predicted octanol–water partition coefficient (Wildman–Crippen LogP) is 0.649. The van der Waals surface area contributed by atoms with E-state index in [4.69, 9.17) is 0 Å². The zero-order valence-corrected chi connectivity index (χ0v) is 13.7. The average Bonchev–Trinajstić information content (AvgIpc) is 2.96. The molecule has 2 N–H and O–H groups in total. The molecule has 0 spiro atoms. The second-order valence-corrected chi connectivity index (χ2v) is 5.31. The Morgan fingerprint density at radius 1 is 1.17 bits per heavy atom. The molecule has 0 bridgehead atoms. The Morgan fingerprint density at radius 3 is 2.42 bits per heavy atom. The van der Waals surface area contributed by atoms with Crippen LogP contribution in [-0.2, 0) is 9.59 Å². The molecule has 8 heteroatoms. The molecule has 0 unspecified atom stereocenters. The highest BCUT2D eigenvalue weighted by atomic mass is 16.2. The lowest BCUT2D eigenvalue weighted by Gasteiger charge is -2.10. The van der Waals surface area contributed by atoms with Gasteiger partial charge in [0.05, 0.1) is 12.2 Å². The topological polar surface area (TPSA) is 96.3 Å². The van der Waals surface area contributed by atoms with Crippen LogP contribution >= 0.6 is 0 Å². The van der Waals surface area contributed by atoms with E-state index in [1.807, 2.05) is 18.2 Å². The van der Waals surface area contributed by atoms with Gasteiger partial charge in [-0.1, -0.05) is 18.2 Å². The third-order valence-electron chi connectivity index (χ3n) is 3.15. The van der Waals surface area contributed by atoms with E-state index in [0.717, 1.165) is 0 Å². The van der Waals surface area contributed by atoms with Crippen LogP contribution in [0.4, 0.5) is 5.82 Å². The molecule has 2 rings (SSSR count). The SMILES string of the molecule is CC(=O)Nc1cc(C(=O)NCC(=O)N(C)C)nn1-c1ccccc1. The smallest absolute Gasteiger partial charge is 0.272 e. The number of carbonyl (C=O) groups excluding carboxylic acids is 3. The van der Waals surface area contributed by atoms with Crippen LogP contribution < -0.4 is 10.6 Å². The average molecular weight is 329 g/mol. The number of hydrogen-bond donors (Lipinski definition) is 2. The summed E-state index contributed by atoms with van der Waals surface area (Å²) >= 11 is 0. The Kier molecular flexibility index (Phi) is 5.31. The highest BCUT2D eigenvalue weighted by Gasteiger charge is 2.17. The lowest BCUT2D eigenvalue weighted by molar-refractivity contribution is -0.127. The van der Waals surface area contributed by atoms with E-state index in [1.54, 1.807) is 26.2 Å². The number of hydrogen-bond acceptors (Lipinski definition) is 4. The number of benzene rings is 1. The summed E-state index contributed by atoms with van der Waals surface area (Å²) < 4.78 is 1.46. The van der Waals surface area contributed by atoms with Gasteiger partial charge in [-0.2, -0.15) is 5.10 Å². The minimum Gasteiger partial charge on any atom is -0.347 e. The molecule has 0 fully saturated rings. The van der Waals surface area contributed by atoms with E-state index in [0.29, 0.717) is 11.5 Å². The van der Waals surface area contributed by atoms with Crippen molar-refractivity contribution in [3.05, 3.63) is 42.1 Å².